The summed E-state index contributed by atoms with van der Waals surface area (Å²) in [6.45, 7) is 2.62. The molecule has 0 unspecified atom stereocenters. The number of likely N-dealkylation sites (tertiary alicyclic amines) is 1. The zero-order valence-electron chi connectivity index (χ0n) is 18.9. The van der Waals surface area contributed by atoms with Gasteiger partial charge in [-0.15, -0.1) is 0 Å². The lowest BCUT2D eigenvalue weighted by atomic mass is 9.93. The average molecular weight is 434 g/mol. The highest BCUT2D eigenvalue weighted by Crippen LogP contribution is 2.25. The number of carbonyl (C=O) groups is 2. The number of rotatable bonds is 7. The van der Waals surface area contributed by atoms with Crippen molar-refractivity contribution in [3.63, 3.8) is 0 Å². The molecule has 2 amide bonds. The zero-order valence-corrected chi connectivity index (χ0v) is 18.9. The minimum Gasteiger partial charge on any atom is -0.342 e. The second-order valence-corrected chi connectivity index (χ2v) is 9.19. The van der Waals surface area contributed by atoms with Gasteiger partial charge in [-0.05, 0) is 43.4 Å². The zero-order chi connectivity index (χ0) is 22.2. The van der Waals surface area contributed by atoms with Crippen LogP contribution in [-0.4, -0.2) is 47.3 Å². The van der Waals surface area contributed by atoms with E-state index >= 15 is 0 Å². The highest BCUT2D eigenvalue weighted by molar-refractivity contribution is 5.92. The largest absolute Gasteiger partial charge is 0.342 e. The van der Waals surface area contributed by atoms with E-state index in [1.165, 1.54) is 37.7 Å². The van der Waals surface area contributed by atoms with E-state index in [2.05, 4.69) is 34.5 Å². The third-order valence-electron chi connectivity index (χ3n) is 6.92. The number of hydrogen-bond donors (Lipinski definition) is 1. The number of carbonyl (C=O) groups excluding carboxylic acids is 2. The summed E-state index contributed by atoms with van der Waals surface area (Å²) in [6.07, 6.45) is 7.64. The van der Waals surface area contributed by atoms with Crippen LogP contribution in [0.5, 0.6) is 0 Å². The number of benzene rings is 2. The molecule has 2 aromatic rings. The van der Waals surface area contributed by atoms with Gasteiger partial charge in [0.1, 0.15) is 0 Å². The van der Waals surface area contributed by atoms with Gasteiger partial charge in [-0.3, -0.25) is 14.5 Å². The first kappa shape index (κ1) is 22.5. The molecule has 1 heterocycles. The lowest BCUT2D eigenvalue weighted by Gasteiger charge is -2.37. The van der Waals surface area contributed by atoms with Crippen molar-refractivity contribution in [2.45, 2.75) is 57.5 Å². The van der Waals surface area contributed by atoms with Crippen LogP contribution in [0.1, 0.15) is 50.5 Å². The maximum absolute atomic E-state index is 13.2. The Morgan fingerprint density at radius 1 is 0.844 bits per heavy atom. The molecule has 0 atom stereocenters. The minimum absolute atomic E-state index is 0.0296. The van der Waals surface area contributed by atoms with Crippen LogP contribution in [0.15, 0.2) is 60.7 Å². The van der Waals surface area contributed by atoms with E-state index in [0.29, 0.717) is 25.7 Å². The first-order valence-electron chi connectivity index (χ1n) is 12.1. The molecule has 0 aromatic heterocycles. The van der Waals surface area contributed by atoms with Gasteiger partial charge >= 0.3 is 0 Å². The fourth-order valence-electron chi connectivity index (χ4n) is 5.01. The molecule has 1 aliphatic carbocycles. The van der Waals surface area contributed by atoms with Crippen LogP contribution in [0.2, 0.25) is 0 Å². The van der Waals surface area contributed by atoms with Crippen LogP contribution in [0.3, 0.4) is 0 Å². The first-order valence-corrected chi connectivity index (χ1v) is 12.1. The number of amides is 2. The standard InChI is InChI=1S/C27H35N3O2/c31-26(21-30(25-14-8-3-9-15-25)20-22-10-4-1-5-11-22)29-18-16-23(17-19-29)27(32)28-24-12-6-2-7-13-24/h1-2,4-7,10-13,23,25H,3,8-9,14-21H2,(H,28,32). The van der Waals surface area contributed by atoms with Crippen LogP contribution in [0.25, 0.3) is 0 Å². The van der Waals surface area contributed by atoms with Crippen molar-refractivity contribution in [3.8, 4) is 0 Å². The quantitative estimate of drug-likeness (QED) is 0.689. The first-order chi connectivity index (χ1) is 15.7. The molecule has 2 fully saturated rings. The van der Waals surface area contributed by atoms with E-state index in [1.807, 2.05) is 41.3 Å². The fourth-order valence-corrected chi connectivity index (χ4v) is 5.01. The van der Waals surface area contributed by atoms with Crippen molar-refractivity contribution in [2.75, 3.05) is 25.0 Å². The second kappa shape index (κ2) is 11.3. The van der Waals surface area contributed by atoms with E-state index in [1.54, 1.807) is 0 Å². The highest BCUT2D eigenvalue weighted by atomic mass is 16.2. The topological polar surface area (TPSA) is 52.7 Å². The molecule has 2 aliphatic rings. The molecule has 1 saturated carbocycles. The summed E-state index contributed by atoms with van der Waals surface area (Å²) in [5.74, 6) is 0.239. The van der Waals surface area contributed by atoms with Crippen molar-refractivity contribution in [1.29, 1.82) is 0 Å². The molecule has 5 heteroatoms. The van der Waals surface area contributed by atoms with Gasteiger partial charge in [0.15, 0.2) is 0 Å². The van der Waals surface area contributed by atoms with E-state index in [-0.39, 0.29) is 17.7 Å². The Morgan fingerprint density at radius 2 is 1.47 bits per heavy atom. The minimum atomic E-state index is -0.0296. The molecular formula is C27H35N3O2. The molecular weight excluding hydrogens is 398 g/mol. The van der Waals surface area contributed by atoms with Gasteiger partial charge in [-0.1, -0.05) is 67.8 Å². The lowest BCUT2D eigenvalue weighted by molar-refractivity contribution is -0.136. The van der Waals surface area contributed by atoms with E-state index < -0.39 is 0 Å². The summed E-state index contributed by atoms with van der Waals surface area (Å²) in [6, 6.07) is 20.6. The Kier molecular flexibility index (Phi) is 7.94. The van der Waals surface area contributed by atoms with Gasteiger partial charge in [0.2, 0.25) is 11.8 Å². The van der Waals surface area contributed by atoms with E-state index in [0.717, 1.165) is 25.1 Å². The van der Waals surface area contributed by atoms with Crippen LogP contribution in [0, 0.1) is 5.92 Å². The summed E-state index contributed by atoms with van der Waals surface area (Å²) in [7, 11) is 0. The van der Waals surface area contributed by atoms with Gasteiger partial charge in [0.05, 0.1) is 6.54 Å². The molecule has 1 aliphatic heterocycles. The summed E-state index contributed by atoms with van der Waals surface area (Å²) in [5.41, 5.74) is 2.10. The van der Waals surface area contributed by atoms with Crippen LogP contribution in [0.4, 0.5) is 5.69 Å². The van der Waals surface area contributed by atoms with Crippen LogP contribution in [-0.2, 0) is 16.1 Å². The number of nitrogens with zero attached hydrogens (tertiary/aromatic N) is 2. The van der Waals surface area contributed by atoms with E-state index in [9.17, 15) is 9.59 Å². The molecule has 1 N–H and O–H groups in total. The Hall–Kier alpha value is -2.66. The summed E-state index contributed by atoms with van der Waals surface area (Å²) in [4.78, 5) is 30.2. The average Bonchev–Trinajstić information content (AvgIpc) is 2.85. The van der Waals surface area contributed by atoms with Gasteiger partial charge in [0, 0.05) is 37.3 Å². The van der Waals surface area contributed by atoms with E-state index in [4.69, 9.17) is 0 Å². The third kappa shape index (κ3) is 6.19. The van der Waals surface area contributed by atoms with Crippen LogP contribution < -0.4 is 5.32 Å². The number of para-hydroxylation sites is 1. The van der Waals surface area contributed by atoms with Crippen molar-refractivity contribution in [2.24, 2.45) is 5.92 Å². The molecule has 1 saturated heterocycles. The highest BCUT2D eigenvalue weighted by Gasteiger charge is 2.30. The fraction of sp³-hybridized carbons (Fsp3) is 0.481. The second-order valence-electron chi connectivity index (χ2n) is 9.19. The summed E-state index contributed by atoms with van der Waals surface area (Å²) >= 11 is 0. The van der Waals surface area contributed by atoms with Crippen molar-refractivity contribution in [1.82, 2.24) is 9.80 Å². The Bertz CT molecular complexity index is 857. The molecule has 2 aromatic carbocycles. The number of nitrogens with one attached hydrogen (secondary N) is 1. The van der Waals surface area contributed by atoms with Crippen molar-refractivity contribution < 1.29 is 9.59 Å². The summed E-state index contributed by atoms with van der Waals surface area (Å²) < 4.78 is 0. The molecule has 0 spiro atoms. The Morgan fingerprint density at radius 3 is 2.12 bits per heavy atom. The maximum atomic E-state index is 13.2. The molecule has 32 heavy (non-hydrogen) atoms. The number of piperidine rings is 1. The number of hydrogen-bond acceptors (Lipinski definition) is 3. The normalized spacial score (nSPS) is 18.0. The Balaban J connectivity index is 1.31. The molecule has 4 rings (SSSR count). The van der Waals surface area contributed by atoms with Gasteiger partial charge in [-0.2, -0.15) is 0 Å². The molecule has 5 nitrogen and oxygen atoms in total. The van der Waals surface area contributed by atoms with Crippen LogP contribution >= 0.6 is 0 Å². The predicted octanol–water partition coefficient (Wildman–Crippen LogP) is 4.70. The molecule has 0 bridgehead atoms. The SMILES string of the molecule is O=C(Nc1ccccc1)C1CCN(C(=O)CN(Cc2ccccc2)C2CCCCC2)CC1. The lowest BCUT2D eigenvalue weighted by Crippen LogP contribution is -2.48. The van der Waals surface area contributed by atoms with Gasteiger partial charge in [0.25, 0.3) is 0 Å². The van der Waals surface area contributed by atoms with Gasteiger partial charge in [-0.25, -0.2) is 0 Å². The number of anilines is 1. The Labute approximate surface area is 191 Å². The third-order valence-corrected chi connectivity index (χ3v) is 6.92. The van der Waals surface area contributed by atoms with Crippen molar-refractivity contribution in [3.05, 3.63) is 66.2 Å². The molecule has 0 radical (unpaired) electrons. The maximum Gasteiger partial charge on any atom is 0.236 e. The monoisotopic (exact) mass is 433 g/mol. The molecule has 170 valence electrons. The smallest absolute Gasteiger partial charge is 0.236 e. The predicted molar refractivity (Wildman–Crippen MR) is 128 cm³/mol. The summed E-state index contributed by atoms with van der Waals surface area (Å²) in [5, 5.41) is 3.01. The van der Waals surface area contributed by atoms with Crippen molar-refractivity contribution >= 4 is 17.5 Å². The van der Waals surface area contributed by atoms with Gasteiger partial charge < -0.3 is 10.2 Å².